The molecule has 0 spiro atoms. The van der Waals surface area contributed by atoms with Crippen LogP contribution in [0.15, 0.2) is 0 Å². The lowest BCUT2D eigenvalue weighted by Crippen LogP contribution is -2.72. The molecular formula is C17H28N2S. The van der Waals surface area contributed by atoms with Crippen LogP contribution in [0.25, 0.3) is 0 Å². The molecule has 4 aliphatic rings. The lowest BCUT2D eigenvalue weighted by atomic mass is 9.60. The summed E-state index contributed by atoms with van der Waals surface area (Å²) in [6, 6.07) is 0. The monoisotopic (exact) mass is 292 g/mol. The molecule has 4 saturated heterocycles. The largest absolute Gasteiger partial charge is 0.360 e. The van der Waals surface area contributed by atoms with Crippen molar-refractivity contribution in [2.45, 2.75) is 69.9 Å². The van der Waals surface area contributed by atoms with Crippen molar-refractivity contribution >= 4 is 17.2 Å². The van der Waals surface area contributed by atoms with Crippen LogP contribution in [0.1, 0.15) is 58.8 Å². The summed E-state index contributed by atoms with van der Waals surface area (Å²) >= 11 is 5.75. The standard InChI is InChI=1S/C17H28N2S/c1-16-7-3-4-9-18(16)11-13-10-14(16)12-19-15(20)6-5-8-17(13,19)2/h13-14H,3-12H2,1-2H3/t13-,14-,16+,17-/m0/s1. The van der Waals surface area contributed by atoms with Crippen LogP contribution in [0.3, 0.4) is 0 Å². The Bertz CT molecular complexity index is 437. The smallest absolute Gasteiger partial charge is 0.0784 e. The lowest BCUT2D eigenvalue weighted by molar-refractivity contribution is -0.124. The predicted octanol–water partition coefficient (Wildman–Crippen LogP) is 3.45. The minimum atomic E-state index is 0.366. The Morgan fingerprint density at radius 1 is 1.00 bits per heavy atom. The highest BCUT2D eigenvalue weighted by Gasteiger charge is 2.57. The van der Waals surface area contributed by atoms with Crippen molar-refractivity contribution < 1.29 is 0 Å². The number of nitrogens with zero attached hydrogens (tertiary/aromatic N) is 2. The van der Waals surface area contributed by atoms with Crippen molar-refractivity contribution in [3.63, 3.8) is 0 Å². The van der Waals surface area contributed by atoms with E-state index >= 15 is 0 Å². The quantitative estimate of drug-likeness (QED) is 0.631. The predicted molar refractivity (Wildman–Crippen MR) is 87.0 cm³/mol. The van der Waals surface area contributed by atoms with Crippen molar-refractivity contribution in [1.82, 2.24) is 9.80 Å². The Kier molecular flexibility index (Phi) is 2.99. The maximum atomic E-state index is 5.75. The van der Waals surface area contributed by atoms with E-state index in [1.165, 1.54) is 63.1 Å². The molecule has 4 fully saturated rings. The van der Waals surface area contributed by atoms with Crippen LogP contribution >= 0.6 is 12.2 Å². The first-order valence-electron chi connectivity index (χ1n) is 8.59. The fourth-order valence-electron chi connectivity index (χ4n) is 5.73. The van der Waals surface area contributed by atoms with E-state index < -0.39 is 0 Å². The van der Waals surface area contributed by atoms with Gasteiger partial charge in [0.05, 0.1) is 4.99 Å². The van der Waals surface area contributed by atoms with E-state index in [-0.39, 0.29) is 0 Å². The third-order valence-corrected chi connectivity index (χ3v) is 7.67. The van der Waals surface area contributed by atoms with Crippen LogP contribution < -0.4 is 0 Å². The molecule has 2 bridgehead atoms. The molecule has 4 atom stereocenters. The number of thiocarbonyl (C=S) groups is 1. The average Bonchev–Trinajstić information content (AvgIpc) is 2.42. The van der Waals surface area contributed by atoms with Crippen LogP contribution in [0.2, 0.25) is 0 Å². The Balaban J connectivity index is 1.69. The summed E-state index contributed by atoms with van der Waals surface area (Å²) in [5.41, 5.74) is 0.827. The first kappa shape index (κ1) is 13.5. The van der Waals surface area contributed by atoms with Crippen LogP contribution in [-0.2, 0) is 0 Å². The molecule has 2 nitrogen and oxygen atoms in total. The Morgan fingerprint density at radius 3 is 2.60 bits per heavy atom. The summed E-state index contributed by atoms with van der Waals surface area (Å²) in [5.74, 6) is 1.68. The minimum absolute atomic E-state index is 0.366. The van der Waals surface area contributed by atoms with Crippen LogP contribution in [0.5, 0.6) is 0 Å². The molecule has 0 N–H and O–H groups in total. The Morgan fingerprint density at radius 2 is 1.75 bits per heavy atom. The van der Waals surface area contributed by atoms with E-state index in [0.29, 0.717) is 11.1 Å². The second-order valence-electron chi connectivity index (χ2n) is 8.10. The first-order chi connectivity index (χ1) is 9.54. The molecule has 0 aromatic heterocycles. The second kappa shape index (κ2) is 4.42. The highest BCUT2D eigenvalue weighted by atomic mass is 32.1. The van der Waals surface area contributed by atoms with Crippen molar-refractivity contribution in [2.24, 2.45) is 11.8 Å². The molecule has 0 aromatic carbocycles. The molecule has 3 heteroatoms. The highest BCUT2D eigenvalue weighted by Crippen LogP contribution is 2.52. The van der Waals surface area contributed by atoms with Crippen molar-refractivity contribution in [3.8, 4) is 0 Å². The topological polar surface area (TPSA) is 6.48 Å². The molecule has 112 valence electrons. The van der Waals surface area contributed by atoms with Crippen LogP contribution in [0.4, 0.5) is 0 Å². The zero-order chi connectivity index (χ0) is 14.0. The van der Waals surface area contributed by atoms with Gasteiger partial charge < -0.3 is 4.90 Å². The van der Waals surface area contributed by atoms with Gasteiger partial charge in [0.2, 0.25) is 0 Å². The van der Waals surface area contributed by atoms with Gasteiger partial charge in [-0.3, -0.25) is 4.90 Å². The number of hydrogen-bond acceptors (Lipinski definition) is 2. The molecule has 4 heterocycles. The maximum absolute atomic E-state index is 5.75. The van der Waals surface area contributed by atoms with Gasteiger partial charge in [-0.1, -0.05) is 18.6 Å². The third-order valence-electron chi connectivity index (χ3n) is 7.25. The fourth-order valence-corrected chi connectivity index (χ4v) is 6.16. The SMILES string of the molecule is C[C@@]12CCCC(=S)N1C[C@@H]1C[C@H]2CN2CCCC[C@]12C. The molecule has 4 aliphatic heterocycles. The van der Waals surface area contributed by atoms with E-state index in [2.05, 4.69) is 23.6 Å². The molecule has 0 amide bonds. The average molecular weight is 292 g/mol. The van der Waals surface area contributed by atoms with Gasteiger partial charge in [0, 0.05) is 24.2 Å². The van der Waals surface area contributed by atoms with Gasteiger partial charge in [0.25, 0.3) is 0 Å². The summed E-state index contributed by atoms with van der Waals surface area (Å²) in [6.07, 6.45) is 9.51. The number of hydrogen-bond donors (Lipinski definition) is 0. The van der Waals surface area contributed by atoms with Gasteiger partial charge in [0.1, 0.15) is 0 Å². The van der Waals surface area contributed by atoms with E-state index in [9.17, 15) is 0 Å². The van der Waals surface area contributed by atoms with Gasteiger partial charge in [-0.2, -0.15) is 0 Å². The Hall–Kier alpha value is -0.150. The lowest BCUT2D eigenvalue weighted by Gasteiger charge is -2.66. The van der Waals surface area contributed by atoms with Gasteiger partial charge in [-0.25, -0.2) is 0 Å². The molecule has 0 aliphatic carbocycles. The summed E-state index contributed by atoms with van der Waals surface area (Å²) in [5, 5.41) is 0. The third kappa shape index (κ3) is 1.68. The van der Waals surface area contributed by atoms with Gasteiger partial charge in [-0.15, -0.1) is 0 Å². The molecule has 0 unspecified atom stereocenters. The van der Waals surface area contributed by atoms with Gasteiger partial charge in [0.15, 0.2) is 0 Å². The zero-order valence-corrected chi connectivity index (χ0v) is 13.8. The van der Waals surface area contributed by atoms with Crippen molar-refractivity contribution in [1.29, 1.82) is 0 Å². The molecule has 0 saturated carbocycles. The summed E-state index contributed by atoms with van der Waals surface area (Å²) in [4.78, 5) is 6.79. The zero-order valence-electron chi connectivity index (χ0n) is 13.0. The maximum Gasteiger partial charge on any atom is 0.0784 e. The minimum Gasteiger partial charge on any atom is -0.360 e. The van der Waals surface area contributed by atoms with Gasteiger partial charge in [-0.05, 0) is 70.8 Å². The molecule has 0 radical (unpaired) electrons. The van der Waals surface area contributed by atoms with E-state index in [0.717, 1.165) is 18.3 Å². The van der Waals surface area contributed by atoms with E-state index in [1.807, 2.05) is 0 Å². The Labute approximate surface area is 128 Å². The summed E-state index contributed by atoms with van der Waals surface area (Å²) < 4.78 is 0. The number of piperidine rings is 4. The normalized spacial score (nSPS) is 48.7. The van der Waals surface area contributed by atoms with E-state index in [1.54, 1.807) is 0 Å². The van der Waals surface area contributed by atoms with Crippen molar-refractivity contribution in [3.05, 3.63) is 0 Å². The molecule has 4 rings (SSSR count). The van der Waals surface area contributed by atoms with Gasteiger partial charge >= 0.3 is 0 Å². The number of rotatable bonds is 0. The van der Waals surface area contributed by atoms with E-state index in [4.69, 9.17) is 12.2 Å². The second-order valence-corrected chi connectivity index (χ2v) is 8.58. The molecular weight excluding hydrogens is 264 g/mol. The van der Waals surface area contributed by atoms with Crippen LogP contribution in [-0.4, -0.2) is 45.5 Å². The summed E-state index contributed by atoms with van der Waals surface area (Å²) in [6.45, 7) is 8.94. The highest BCUT2D eigenvalue weighted by molar-refractivity contribution is 7.80. The summed E-state index contributed by atoms with van der Waals surface area (Å²) in [7, 11) is 0. The molecule has 0 aromatic rings. The fraction of sp³-hybridized carbons (Fsp3) is 0.941. The molecule has 20 heavy (non-hydrogen) atoms. The number of fused-ring (bicyclic) bond motifs is 6. The first-order valence-corrected chi connectivity index (χ1v) is 9.00. The van der Waals surface area contributed by atoms with Crippen molar-refractivity contribution in [2.75, 3.05) is 19.6 Å². The van der Waals surface area contributed by atoms with Crippen LogP contribution in [0, 0.1) is 11.8 Å².